The normalized spacial score (nSPS) is 38.0. The summed E-state index contributed by atoms with van der Waals surface area (Å²) in [6, 6.07) is 0. The average Bonchev–Trinajstić information content (AvgIpc) is 2.05. The van der Waals surface area contributed by atoms with Crippen LogP contribution in [0.25, 0.3) is 0 Å². The molecule has 1 rings (SSSR count). The van der Waals surface area contributed by atoms with Crippen LogP contribution in [0.4, 0.5) is 0 Å². The second kappa shape index (κ2) is 3.96. The zero-order chi connectivity index (χ0) is 8.32. The van der Waals surface area contributed by atoms with Crippen LogP contribution in [0.5, 0.6) is 0 Å². The molecule has 1 saturated heterocycles. The number of hydrogen-bond donors (Lipinski definition) is 0. The molecule has 0 radical (unpaired) electrons. The lowest BCUT2D eigenvalue weighted by Gasteiger charge is -2.28. The summed E-state index contributed by atoms with van der Waals surface area (Å²) in [7, 11) is 0. The molecule has 0 bridgehead atoms. The second-order valence-corrected chi connectivity index (χ2v) is 9.99. The topological polar surface area (TPSA) is 9.23 Å². The number of rotatable bonds is 1. The van der Waals surface area contributed by atoms with Crippen LogP contribution in [-0.2, 0) is 16.3 Å². The highest BCUT2D eigenvalue weighted by Crippen LogP contribution is 2.62. The molecule has 2 unspecified atom stereocenters. The summed E-state index contributed by atoms with van der Waals surface area (Å²) in [6.07, 6.45) is 10.4. The molecule has 62 valence electrons. The molecule has 0 amide bonds. The fraction of sp³-hybridized carbons (Fsp3) is 0.714. The minimum atomic E-state index is -1.56. The summed E-state index contributed by atoms with van der Waals surface area (Å²) in [5.74, 6) is 2.62. The Balaban J connectivity index is 2.61. The molecule has 11 heavy (non-hydrogen) atoms. The Kier molecular flexibility index (Phi) is 3.46. The van der Waals surface area contributed by atoms with Gasteiger partial charge in [0.2, 0.25) is 0 Å². The molecule has 0 aromatic heterocycles. The Morgan fingerprint density at radius 2 is 2.55 bits per heavy atom. The van der Waals surface area contributed by atoms with E-state index in [4.69, 9.17) is 22.8 Å². The average molecular weight is 206 g/mol. The van der Waals surface area contributed by atoms with Crippen LogP contribution >= 0.6 is 16.8 Å². The summed E-state index contributed by atoms with van der Waals surface area (Å²) < 4.78 is 5.62. The molecule has 2 atom stereocenters. The van der Waals surface area contributed by atoms with Gasteiger partial charge in [0, 0.05) is 6.16 Å². The predicted octanol–water partition coefficient (Wildman–Crippen LogP) is 2.47. The first-order valence-corrected chi connectivity index (χ1v) is 8.23. The zero-order valence-corrected chi connectivity index (χ0v) is 8.98. The first-order chi connectivity index (χ1) is 5.20. The highest BCUT2D eigenvalue weighted by molar-refractivity contribution is 8.69. The number of terminal acetylenes is 1. The maximum atomic E-state index is 5.62. The van der Waals surface area contributed by atoms with Gasteiger partial charge in [-0.2, -0.15) is 0 Å². The Morgan fingerprint density at radius 3 is 3.09 bits per heavy atom. The van der Waals surface area contributed by atoms with Gasteiger partial charge in [-0.25, -0.2) is 0 Å². The van der Waals surface area contributed by atoms with Crippen molar-refractivity contribution in [2.45, 2.75) is 18.9 Å². The molecule has 0 N–H and O–H groups in total. The van der Waals surface area contributed by atoms with E-state index < -0.39 is 5.47 Å². The van der Waals surface area contributed by atoms with E-state index in [0.29, 0.717) is 0 Å². The molecule has 0 aliphatic carbocycles. The lowest BCUT2D eigenvalue weighted by atomic mass is 10.2. The smallest absolute Gasteiger partial charge is 0.124 e. The first-order valence-electron chi connectivity index (χ1n) is 3.49. The van der Waals surface area contributed by atoms with Crippen molar-refractivity contribution in [2.24, 2.45) is 0 Å². The lowest BCUT2D eigenvalue weighted by Crippen LogP contribution is -2.14. The van der Waals surface area contributed by atoms with Crippen molar-refractivity contribution in [3.63, 3.8) is 0 Å². The first kappa shape index (κ1) is 9.61. The third-order valence-corrected chi connectivity index (χ3v) is 8.27. The van der Waals surface area contributed by atoms with E-state index in [2.05, 4.69) is 5.92 Å². The molecule has 1 aliphatic rings. The molecule has 0 aromatic rings. The van der Waals surface area contributed by atoms with E-state index >= 15 is 0 Å². The van der Waals surface area contributed by atoms with Crippen molar-refractivity contribution in [1.29, 1.82) is 0 Å². The summed E-state index contributed by atoms with van der Waals surface area (Å²) in [4.78, 5) is 0. The van der Waals surface area contributed by atoms with Crippen molar-refractivity contribution in [3.05, 3.63) is 0 Å². The fourth-order valence-corrected chi connectivity index (χ4v) is 4.72. The van der Waals surface area contributed by atoms with Gasteiger partial charge in [0.15, 0.2) is 0 Å². The third-order valence-electron chi connectivity index (χ3n) is 1.65. The summed E-state index contributed by atoms with van der Waals surface area (Å²) in [5, 5.41) is 0. The van der Waals surface area contributed by atoms with Gasteiger partial charge < -0.3 is 4.52 Å². The van der Waals surface area contributed by atoms with Crippen LogP contribution in [0.1, 0.15) is 12.8 Å². The van der Waals surface area contributed by atoms with Crippen molar-refractivity contribution in [2.75, 3.05) is 12.4 Å². The van der Waals surface area contributed by atoms with Crippen molar-refractivity contribution >= 4 is 28.7 Å². The van der Waals surface area contributed by atoms with Crippen LogP contribution in [0, 0.1) is 12.3 Å². The standard InChI is InChI=1S/C7H11OPS2/c1-3-7-5-4-6-9(10,8-7)11-2/h1,7H,4-6H2,2H3. The van der Waals surface area contributed by atoms with Crippen molar-refractivity contribution < 1.29 is 4.52 Å². The van der Waals surface area contributed by atoms with Gasteiger partial charge in [0.05, 0.1) is 0 Å². The summed E-state index contributed by atoms with van der Waals surface area (Å²) >= 11 is 7.03. The van der Waals surface area contributed by atoms with Crippen LogP contribution in [0.2, 0.25) is 0 Å². The van der Waals surface area contributed by atoms with Gasteiger partial charge in [0.1, 0.15) is 11.6 Å². The summed E-state index contributed by atoms with van der Waals surface area (Å²) in [5.41, 5.74) is -1.56. The molecule has 1 heterocycles. The SMILES string of the molecule is C#CC1CCCP(=S)(SC)O1. The van der Waals surface area contributed by atoms with E-state index in [1.807, 2.05) is 6.26 Å². The molecular formula is C7H11OPS2. The largest absolute Gasteiger partial charge is 0.326 e. The van der Waals surface area contributed by atoms with Crippen LogP contribution in [0.3, 0.4) is 0 Å². The fourth-order valence-electron chi connectivity index (χ4n) is 1.02. The van der Waals surface area contributed by atoms with E-state index in [1.54, 1.807) is 11.4 Å². The maximum absolute atomic E-state index is 5.62. The second-order valence-electron chi connectivity index (χ2n) is 2.42. The van der Waals surface area contributed by atoms with E-state index in [0.717, 1.165) is 19.0 Å². The predicted molar refractivity (Wildman–Crippen MR) is 55.6 cm³/mol. The monoisotopic (exact) mass is 206 g/mol. The van der Waals surface area contributed by atoms with Crippen LogP contribution in [-0.4, -0.2) is 18.5 Å². The molecule has 1 aliphatic heterocycles. The molecule has 1 nitrogen and oxygen atoms in total. The maximum Gasteiger partial charge on any atom is 0.124 e. The van der Waals surface area contributed by atoms with Gasteiger partial charge in [-0.05, 0) is 19.1 Å². The minimum Gasteiger partial charge on any atom is -0.326 e. The van der Waals surface area contributed by atoms with Crippen molar-refractivity contribution in [1.82, 2.24) is 0 Å². The van der Waals surface area contributed by atoms with Gasteiger partial charge >= 0.3 is 0 Å². The van der Waals surface area contributed by atoms with E-state index in [-0.39, 0.29) is 6.10 Å². The number of hydrogen-bond acceptors (Lipinski definition) is 3. The molecule has 1 fully saturated rings. The van der Waals surface area contributed by atoms with Gasteiger partial charge in [-0.15, -0.1) is 17.8 Å². The highest BCUT2D eigenvalue weighted by atomic mass is 32.9. The van der Waals surface area contributed by atoms with Gasteiger partial charge in [-0.1, -0.05) is 17.7 Å². The van der Waals surface area contributed by atoms with Crippen LogP contribution in [0.15, 0.2) is 0 Å². The van der Waals surface area contributed by atoms with E-state index in [9.17, 15) is 0 Å². The Hall–Kier alpha value is 0.520. The zero-order valence-electron chi connectivity index (χ0n) is 6.45. The third kappa shape index (κ3) is 2.49. The lowest BCUT2D eigenvalue weighted by molar-refractivity contribution is 0.263. The molecule has 0 aromatic carbocycles. The summed E-state index contributed by atoms with van der Waals surface area (Å²) in [6.45, 7) is 0. The minimum absolute atomic E-state index is 0.0120. The van der Waals surface area contributed by atoms with Gasteiger partial charge in [-0.3, -0.25) is 0 Å². The molecule has 4 heteroatoms. The Labute approximate surface area is 77.1 Å². The molecular weight excluding hydrogens is 195 g/mol. The Morgan fingerprint density at radius 1 is 1.82 bits per heavy atom. The Bertz CT molecular complexity index is 221. The van der Waals surface area contributed by atoms with E-state index in [1.165, 1.54) is 0 Å². The molecule has 0 spiro atoms. The van der Waals surface area contributed by atoms with Crippen molar-refractivity contribution in [3.8, 4) is 12.3 Å². The molecule has 0 saturated carbocycles. The van der Waals surface area contributed by atoms with Gasteiger partial charge in [0.25, 0.3) is 0 Å². The van der Waals surface area contributed by atoms with Crippen LogP contribution < -0.4 is 0 Å². The highest BCUT2D eigenvalue weighted by Gasteiger charge is 2.25. The quantitative estimate of drug-likeness (QED) is 0.482.